The van der Waals surface area contributed by atoms with Crippen molar-refractivity contribution in [3.05, 3.63) is 29.6 Å². The first-order valence-electron chi connectivity index (χ1n) is 6.45. The van der Waals surface area contributed by atoms with Crippen LogP contribution in [0.25, 0.3) is 0 Å². The van der Waals surface area contributed by atoms with Gasteiger partial charge in [-0.3, -0.25) is 9.62 Å². The lowest BCUT2D eigenvalue weighted by molar-refractivity contribution is 0.254. The quantitative estimate of drug-likeness (QED) is 0.839. The summed E-state index contributed by atoms with van der Waals surface area (Å²) in [5.74, 6) is -3.95. The maximum Gasteiger partial charge on any atom is 0.234 e. The molecule has 1 heterocycles. The molecule has 9 heteroatoms. The molecule has 1 fully saturated rings. The number of piperazine rings is 1. The van der Waals surface area contributed by atoms with Crippen molar-refractivity contribution < 1.29 is 21.6 Å². The lowest BCUT2D eigenvalue weighted by Gasteiger charge is -2.26. The summed E-state index contributed by atoms with van der Waals surface area (Å²) >= 11 is 0. The fourth-order valence-electron chi connectivity index (χ4n) is 2.03. The molecule has 1 aliphatic rings. The van der Waals surface area contributed by atoms with Gasteiger partial charge in [0.25, 0.3) is 0 Å². The molecule has 5 nitrogen and oxygen atoms in total. The Kier molecular flexibility index (Phi) is 5.07. The lowest BCUT2D eigenvalue weighted by atomic mass is 10.3. The molecule has 0 saturated carbocycles. The van der Waals surface area contributed by atoms with E-state index in [9.17, 15) is 21.6 Å². The number of halogens is 3. The van der Waals surface area contributed by atoms with Gasteiger partial charge in [-0.1, -0.05) is 0 Å². The van der Waals surface area contributed by atoms with Crippen molar-refractivity contribution in [2.75, 3.05) is 43.2 Å². The van der Waals surface area contributed by atoms with Crippen LogP contribution in [0.3, 0.4) is 0 Å². The monoisotopic (exact) mass is 323 g/mol. The number of sulfonamides is 1. The molecule has 0 spiro atoms. The van der Waals surface area contributed by atoms with Crippen molar-refractivity contribution in [1.82, 2.24) is 10.2 Å². The van der Waals surface area contributed by atoms with Crippen LogP contribution in [0.15, 0.2) is 12.1 Å². The summed E-state index contributed by atoms with van der Waals surface area (Å²) in [5.41, 5.74) is -0.850. The number of hydrogen-bond acceptors (Lipinski definition) is 4. The van der Waals surface area contributed by atoms with Crippen LogP contribution in [0.5, 0.6) is 0 Å². The zero-order chi connectivity index (χ0) is 15.5. The number of benzene rings is 1. The number of nitrogens with zero attached hydrogens (tertiary/aromatic N) is 1. The van der Waals surface area contributed by atoms with Crippen molar-refractivity contribution >= 4 is 15.7 Å². The van der Waals surface area contributed by atoms with Crippen LogP contribution >= 0.6 is 0 Å². The van der Waals surface area contributed by atoms with E-state index in [0.717, 1.165) is 26.2 Å². The van der Waals surface area contributed by atoms with Crippen molar-refractivity contribution in [1.29, 1.82) is 0 Å². The first-order chi connectivity index (χ1) is 9.87. The van der Waals surface area contributed by atoms with E-state index in [2.05, 4.69) is 5.32 Å². The van der Waals surface area contributed by atoms with Gasteiger partial charge in [0.05, 0.1) is 5.75 Å². The first kappa shape index (κ1) is 16.1. The van der Waals surface area contributed by atoms with Gasteiger partial charge in [-0.25, -0.2) is 21.6 Å². The molecule has 118 valence electrons. The van der Waals surface area contributed by atoms with Gasteiger partial charge in [-0.15, -0.1) is 0 Å². The Morgan fingerprint density at radius 3 is 2.29 bits per heavy atom. The Labute approximate surface area is 121 Å². The highest BCUT2D eigenvalue weighted by atomic mass is 32.2. The van der Waals surface area contributed by atoms with Crippen LogP contribution in [-0.4, -0.2) is 51.8 Å². The molecule has 0 aromatic heterocycles. The fraction of sp³-hybridized carbons (Fsp3) is 0.500. The van der Waals surface area contributed by atoms with Crippen LogP contribution in [0.1, 0.15) is 0 Å². The Bertz CT molecular complexity index is 581. The number of hydrogen-bond donors (Lipinski definition) is 2. The van der Waals surface area contributed by atoms with E-state index < -0.39 is 33.2 Å². The molecular weight excluding hydrogens is 307 g/mol. The van der Waals surface area contributed by atoms with E-state index >= 15 is 0 Å². The highest BCUT2D eigenvalue weighted by Gasteiger charge is 2.20. The molecule has 0 amide bonds. The fourth-order valence-corrected chi connectivity index (χ4v) is 3.14. The van der Waals surface area contributed by atoms with E-state index in [4.69, 9.17) is 0 Å². The molecule has 1 saturated heterocycles. The Balaban J connectivity index is 2.00. The average Bonchev–Trinajstić information content (AvgIpc) is 2.42. The molecule has 1 aliphatic heterocycles. The topological polar surface area (TPSA) is 61.4 Å². The van der Waals surface area contributed by atoms with Crippen LogP contribution in [-0.2, 0) is 10.0 Å². The summed E-state index contributed by atoms with van der Waals surface area (Å²) < 4.78 is 65.1. The third kappa shape index (κ3) is 4.58. The van der Waals surface area contributed by atoms with E-state index in [1.54, 1.807) is 0 Å². The van der Waals surface area contributed by atoms with Crippen LogP contribution in [0, 0.1) is 17.5 Å². The maximum absolute atomic E-state index is 13.4. The van der Waals surface area contributed by atoms with Crippen molar-refractivity contribution in [2.24, 2.45) is 0 Å². The van der Waals surface area contributed by atoms with Crippen molar-refractivity contribution in [2.45, 2.75) is 0 Å². The molecule has 0 aliphatic carbocycles. The van der Waals surface area contributed by atoms with Gasteiger partial charge >= 0.3 is 0 Å². The third-order valence-electron chi connectivity index (χ3n) is 3.15. The standard InChI is InChI=1S/C12H16F3N3O2S/c13-9-7-10(14)12(11(15)8-9)17-21(19,20)6-5-18-3-1-16-2-4-18/h7-8,16-17H,1-6H2. The van der Waals surface area contributed by atoms with Gasteiger partial charge < -0.3 is 5.32 Å². The second-order valence-electron chi connectivity index (χ2n) is 4.76. The molecule has 0 atom stereocenters. The van der Waals surface area contributed by atoms with Crippen LogP contribution in [0.2, 0.25) is 0 Å². The minimum absolute atomic E-state index is 0.265. The molecule has 0 unspecified atom stereocenters. The molecule has 0 radical (unpaired) electrons. The second-order valence-corrected chi connectivity index (χ2v) is 6.60. The molecule has 0 bridgehead atoms. The van der Waals surface area contributed by atoms with Crippen molar-refractivity contribution in [3.63, 3.8) is 0 Å². The average molecular weight is 323 g/mol. The molecule has 2 rings (SSSR count). The van der Waals surface area contributed by atoms with Gasteiger partial charge in [0.1, 0.15) is 11.5 Å². The van der Waals surface area contributed by atoms with E-state index in [0.29, 0.717) is 12.1 Å². The predicted octanol–water partition coefficient (Wildman–Crippen LogP) is 0.751. The van der Waals surface area contributed by atoms with Gasteiger partial charge in [0.2, 0.25) is 10.0 Å². The summed E-state index contributed by atoms with van der Waals surface area (Å²) in [5, 5.41) is 3.13. The molecule has 2 N–H and O–H groups in total. The van der Waals surface area contributed by atoms with E-state index in [1.165, 1.54) is 0 Å². The van der Waals surface area contributed by atoms with Gasteiger partial charge in [0, 0.05) is 44.9 Å². The highest BCUT2D eigenvalue weighted by Crippen LogP contribution is 2.21. The Hall–Kier alpha value is -1.32. The van der Waals surface area contributed by atoms with E-state index in [-0.39, 0.29) is 12.3 Å². The lowest BCUT2D eigenvalue weighted by Crippen LogP contribution is -2.45. The number of rotatable bonds is 5. The Morgan fingerprint density at radius 1 is 1.14 bits per heavy atom. The third-order valence-corrected chi connectivity index (χ3v) is 4.39. The van der Waals surface area contributed by atoms with Gasteiger partial charge in [-0.05, 0) is 0 Å². The second kappa shape index (κ2) is 6.63. The Morgan fingerprint density at radius 2 is 1.71 bits per heavy atom. The van der Waals surface area contributed by atoms with Gasteiger partial charge in [0.15, 0.2) is 11.6 Å². The summed E-state index contributed by atoms with van der Waals surface area (Å²) in [6, 6.07) is 0.856. The molecular formula is C12H16F3N3O2S. The zero-order valence-corrected chi connectivity index (χ0v) is 12.0. The van der Waals surface area contributed by atoms with Crippen LogP contribution < -0.4 is 10.0 Å². The summed E-state index contributed by atoms with van der Waals surface area (Å²) in [6.45, 7) is 3.24. The predicted molar refractivity (Wildman–Crippen MR) is 73.0 cm³/mol. The smallest absolute Gasteiger partial charge is 0.234 e. The molecule has 1 aromatic rings. The summed E-state index contributed by atoms with van der Waals surface area (Å²) in [6.07, 6.45) is 0. The molecule has 1 aromatic carbocycles. The first-order valence-corrected chi connectivity index (χ1v) is 8.11. The largest absolute Gasteiger partial charge is 0.314 e. The molecule has 21 heavy (non-hydrogen) atoms. The van der Waals surface area contributed by atoms with Gasteiger partial charge in [-0.2, -0.15) is 0 Å². The number of nitrogens with one attached hydrogen (secondary N) is 2. The zero-order valence-electron chi connectivity index (χ0n) is 11.2. The van der Waals surface area contributed by atoms with Crippen LogP contribution in [0.4, 0.5) is 18.9 Å². The SMILES string of the molecule is O=S(=O)(CCN1CCNCC1)Nc1c(F)cc(F)cc1F. The van der Waals surface area contributed by atoms with E-state index in [1.807, 2.05) is 9.62 Å². The minimum atomic E-state index is -3.91. The van der Waals surface area contributed by atoms with Crippen molar-refractivity contribution in [3.8, 4) is 0 Å². The maximum atomic E-state index is 13.4. The highest BCUT2D eigenvalue weighted by molar-refractivity contribution is 7.92. The summed E-state index contributed by atoms with van der Waals surface area (Å²) in [7, 11) is -3.91. The number of anilines is 1. The normalized spacial score (nSPS) is 16.9. The summed E-state index contributed by atoms with van der Waals surface area (Å²) in [4.78, 5) is 1.94. The minimum Gasteiger partial charge on any atom is -0.314 e.